The Hall–Kier alpha value is -2.03. The van der Waals surface area contributed by atoms with Crippen LogP contribution in [0, 0.1) is 5.82 Å². The summed E-state index contributed by atoms with van der Waals surface area (Å²) in [4.78, 5) is 2.21. The van der Waals surface area contributed by atoms with Crippen molar-refractivity contribution in [1.29, 1.82) is 0 Å². The van der Waals surface area contributed by atoms with Crippen LogP contribution >= 0.6 is 0 Å². The number of phenols is 1. The van der Waals surface area contributed by atoms with Gasteiger partial charge in [-0.3, -0.25) is 0 Å². The fourth-order valence-electron chi connectivity index (χ4n) is 2.48. The number of phenolic OH excluding ortho intramolecular Hbond substituents is 1. The molecule has 0 radical (unpaired) electrons. The zero-order valence-electron chi connectivity index (χ0n) is 9.94. The van der Waals surface area contributed by atoms with Gasteiger partial charge in [0.1, 0.15) is 11.6 Å². The highest BCUT2D eigenvalue weighted by molar-refractivity contribution is 5.60. The van der Waals surface area contributed by atoms with Gasteiger partial charge in [-0.2, -0.15) is 0 Å². The van der Waals surface area contributed by atoms with E-state index in [1.165, 1.54) is 6.07 Å². The van der Waals surface area contributed by atoms with Crippen molar-refractivity contribution < 1.29 is 9.50 Å². The van der Waals surface area contributed by atoms with Crippen LogP contribution in [-0.2, 0) is 13.0 Å². The first-order valence-corrected chi connectivity index (χ1v) is 6.04. The summed E-state index contributed by atoms with van der Waals surface area (Å²) in [6.45, 7) is 1.62. The third-order valence-electron chi connectivity index (χ3n) is 3.32. The highest BCUT2D eigenvalue weighted by Crippen LogP contribution is 2.31. The summed E-state index contributed by atoms with van der Waals surface area (Å²) in [7, 11) is 0. The second-order valence-electron chi connectivity index (χ2n) is 4.61. The van der Waals surface area contributed by atoms with Crippen molar-refractivity contribution >= 4 is 5.69 Å². The summed E-state index contributed by atoms with van der Waals surface area (Å²) in [5, 5.41) is 9.44. The first kappa shape index (κ1) is 11.1. The molecule has 2 aromatic carbocycles. The van der Waals surface area contributed by atoms with Crippen LogP contribution < -0.4 is 4.90 Å². The number of rotatable bonds is 2. The summed E-state index contributed by atoms with van der Waals surface area (Å²) in [5.74, 6) is 0.110. The first-order valence-electron chi connectivity index (χ1n) is 6.04. The third kappa shape index (κ3) is 2.04. The lowest BCUT2D eigenvalue weighted by molar-refractivity contribution is 0.475. The molecular weight excluding hydrogens is 229 g/mol. The second kappa shape index (κ2) is 4.33. The molecule has 3 heteroatoms. The molecule has 0 atom stereocenters. The molecule has 18 heavy (non-hydrogen) atoms. The second-order valence-corrected chi connectivity index (χ2v) is 4.61. The Kier molecular flexibility index (Phi) is 2.67. The van der Waals surface area contributed by atoms with E-state index in [0.29, 0.717) is 12.3 Å². The monoisotopic (exact) mass is 243 g/mol. The van der Waals surface area contributed by atoms with E-state index in [1.54, 1.807) is 24.3 Å². The number of nitrogens with zero attached hydrogens (tertiary/aromatic N) is 1. The van der Waals surface area contributed by atoms with Gasteiger partial charge in [0, 0.05) is 18.8 Å². The standard InChI is InChI=1S/C15H14FNO/c16-13-3-1-2-11(8-13)10-17-7-6-12-9-14(18)4-5-15(12)17/h1-5,8-9,18H,6-7,10H2. The lowest BCUT2D eigenvalue weighted by Gasteiger charge is -2.19. The summed E-state index contributed by atoms with van der Waals surface area (Å²) >= 11 is 0. The molecule has 0 bridgehead atoms. The van der Waals surface area contributed by atoms with Crippen LogP contribution in [0.3, 0.4) is 0 Å². The molecule has 1 aliphatic rings. The molecule has 0 fully saturated rings. The molecule has 3 rings (SSSR count). The van der Waals surface area contributed by atoms with Gasteiger partial charge in [-0.05, 0) is 47.9 Å². The molecular formula is C15H14FNO. The molecule has 2 aromatic rings. The minimum Gasteiger partial charge on any atom is -0.508 e. The lowest BCUT2D eigenvalue weighted by atomic mass is 10.1. The maximum Gasteiger partial charge on any atom is 0.123 e. The van der Waals surface area contributed by atoms with Gasteiger partial charge in [0.25, 0.3) is 0 Å². The van der Waals surface area contributed by atoms with E-state index in [0.717, 1.165) is 29.8 Å². The van der Waals surface area contributed by atoms with Crippen LogP contribution in [0.2, 0.25) is 0 Å². The van der Waals surface area contributed by atoms with Crippen molar-refractivity contribution in [3.05, 3.63) is 59.4 Å². The van der Waals surface area contributed by atoms with Crippen LogP contribution in [0.15, 0.2) is 42.5 Å². The minimum absolute atomic E-state index is 0.197. The molecule has 0 aliphatic carbocycles. The summed E-state index contributed by atoms with van der Waals surface area (Å²) in [6.07, 6.45) is 0.930. The summed E-state index contributed by atoms with van der Waals surface area (Å²) in [6, 6.07) is 12.1. The van der Waals surface area contributed by atoms with E-state index < -0.39 is 0 Å². The van der Waals surface area contributed by atoms with Gasteiger partial charge in [0.05, 0.1) is 0 Å². The topological polar surface area (TPSA) is 23.5 Å². The van der Waals surface area contributed by atoms with Crippen LogP contribution in [0.25, 0.3) is 0 Å². The van der Waals surface area contributed by atoms with Crippen molar-refractivity contribution in [3.63, 3.8) is 0 Å². The van der Waals surface area contributed by atoms with Crippen molar-refractivity contribution in [2.24, 2.45) is 0 Å². The molecule has 92 valence electrons. The van der Waals surface area contributed by atoms with E-state index in [-0.39, 0.29) is 5.82 Å². The van der Waals surface area contributed by atoms with Gasteiger partial charge in [-0.25, -0.2) is 4.39 Å². The molecule has 0 spiro atoms. The fraction of sp³-hybridized carbons (Fsp3) is 0.200. The van der Waals surface area contributed by atoms with E-state index in [2.05, 4.69) is 4.90 Å². The average Bonchev–Trinajstić information content (AvgIpc) is 2.72. The van der Waals surface area contributed by atoms with Crippen molar-refractivity contribution in [2.75, 3.05) is 11.4 Å². The quantitative estimate of drug-likeness (QED) is 0.876. The van der Waals surface area contributed by atoms with Gasteiger partial charge in [-0.1, -0.05) is 12.1 Å². The SMILES string of the molecule is Oc1ccc2c(c1)CCN2Cc1cccc(F)c1. The van der Waals surface area contributed by atoms with Crippen molar-refractivity contribution in [1.82, 2.24) is 0 Å². The number of benzene rings is 2. The van der Waals surface area contributed by atoms with Crippen molar-refractivity contribution in [2.45, 2.75) is 13.0 Å². The molecule has 1 aliphatic heterocycles. The van der Waals surface area contributed by atoms with Crippen LogP contribution in [0.5, 0.6) is 5.75 Å². The summed E-state index contributed by atoms with van der Waals surface area (Å²) in [5.41, 5.74) is 3.26. The van der Waals surface area contributed by atoms with Gasteiger partial charge < -0.3 is 10.0 Å². The molecule has 0 amide bonds. The Bertz CT molecular complexity index is 582. The zero-order valence-corrected chi connectivity index (χ0v) is 9.94. The predicted molar refractivity (Wildman–Crippen MR) is 69.3 cm³/mol. The number of hydrogen-bond acceptors (Lipinski definition) is 2. The van der Waals surface area contributed by atoms with E-state index >= 15 is 0 Å². The Balaban J connectivity index is 1.85. The Morgan fingerprint density at radius 1 is 1.17 bits per heavy atom. The summed E-state index contributed by atoms with van der Waals surface area (Å²) < 4.78 is 13.1. The smallest absolute Gasteiger partial charge is 0.123 e. The maximum absolute atomic E-state index is 13.1. The molecule has 1 heterocycles. The highest BCUT2D eigenvalue weighted by Gasteiger charge is 2.19. The van der Waals surface area contributed by atoms with Crippen molar-refractivity contribution in [3.8, 4) is 5.75 Å². The zero-order chi connectivity index (χ0) is 12.5. The van der Waals surface area contributed by atoms with E-state index in [9.17, 15) is 9.50 Å². The van der Waals surface area contributed by atoms with Gasteiger partial charge in [0.2, 0.25) is 0 Å². The average molecular weight is 243 g/mol. The lowest BCUT2D eigenvalue weighted by Crippen LogP contribution is -2.19. The molecule has 0 saturated heterocycles. The number of anilines is 1. The number of hydrogen-bond donors (Lipinski definition) is 1. The first-order chi connectivity index (χ1) is 8.72. The fourth-order valence-corrected chi connectivity index (χ4v) is 2.48. The maximum atomic E-state index is 13.1. The van der Waals surface area contributed by atoms with E-state index in [4.69, 9.17) is 0 Å². The Morgan fingerprint density at radius 3 is 2.89 bits per heavy atom. The largest absolute Gasteiger partial charge is 0.508 e. The molecule has 0 unspecified atom stereocenters. The molecule has 0 saturated carbocycles. The highest BCUT2D eigenvalue weighted by atomic mass is 19.1. The predicted octanol–water partition coefficient (Wildman–Crippen LogP) is 3.09. The molecule has 2 nitrogen and oxygen atoms in total. The van der Waals surface area contributed by atoms with Gasteiger partial charge in [0.15, 0.2) is 0 Å². The van der Waals surface area contributed by atoms with Crippen LogP contribution in [0.1, 0.15) is 11.1 Å². The normalized spacial score (nSPS) is 13.7. The number of aromatic hydroxyl groups is 1. The third-order valence-corrected chi connectivity index (χ3v) is 3.32. The van der Waals surface area contributed by atoms with Gasteiger partial charge >= 0.3 is 0 Å². The molecule has 0 aromatic heterocycles. The van der Waals surface area contributed by atoms with Crippen LogP contribution in [-0.4, -0.2) is 11.7 Å². The van der Waals surface area contributed by atoms with Crippen LogP contribution in [0.4, 0.5) is 10.1 Å². The Labute approximate surface area is 105 Å². The Morgan fingerprint density at radius 2 is 2.06 bits per heavy atom. The molecule has 1 N–H and O–H groups in total. The number of fused-ring (bicyclic) bond motifs is 1. The number of halogens is 1. The van der Waals surface area contributed by atoms with E-state index in [1.807, 2.05) is 12.1 Å². The van der Waals surface area contributed by atoms with Gasteiger partial charge in [-0.15, -0.1) is 0 Å². The minimum atomic E-state index is -0.197.